The van der Waals surface area contributed by atoms with Crippen molar-refractivity contribution >= 4 is 12.6 Å². The third-order valence-electron chi connectivity index (χ3n) is 2.39. The molecule has 0 atom stereocenters. The molecule has 4 heteroatoms. The van der Waals surface area contributed by atoms with Crippen LogP contribution in [-0.2, 0) is 9.31 Å². The maximum absolute atomic E-state index is 5.83. The summed E-state index contributed by atoms with van der Waals surface area (Å²) in [7, 11) is -0.342. The SMILES string of the molecule is CCCOc1cccc(B(OC(C)C)OC(C)C)c1. The van der Waals surface area contributed by atoms with Gasteiger partial charge in [-0.3, -0.25) is 0 Å². The van der Waals surface area contributed by atoms with Crippen LogP contribution in [0.5, 0.6) is 5.75 Å². The standard InChI is InChI=1S/C15H25BO3/c1-6-10-17-15-9-7-8-14(11-15)16(18-12(2)3)19-13(4)5/h7-9,11-13H,6,10H2,1-5H3. The van der Waals surface area contributed by atoms with Crippen LogP contribution >= 0.6 is 0 Å². The highest BCUT2D eigenvalue weighted by Gasteiger charge is 2.24. The molecule has 0 saturated carbocycles. The fourth-order valence-electron chi connectivity index (χ4n) is 1.65. The molecule has 0 aliphatic rings. The first-order chi connectivity index (χ1) is 9.02. The van der Waals surface area contributed by atoms with Gasteiger partial charge < -0.3 is 14.0 Å². The largest absolute Gasteiger partial charge is 0.494 e. The maximum Gasteiger partial charge on any atom is 0.494 e. The van der Waals surface area contributed by atoms with Crippen molar-refractivity contribution in [3.8, 4) is 5.75 Å². The van der Waals surface area contributed by atoms with E-state index in [1.54, 1.807) is 0 Å². The first-order valence-corrected chi connectivity index (χ1v) is 7.06. The van der Waals surface area contributed by atoms with Crippen molar-refractivity contribution in [1.82, 2.24) is 0 Å². The van der Waals surface area contributed by atoms with Crippen LogP contribution in [-0.4, -0.2) is 25.9 Å². The Bertz CT molecular complexity index is 356. The van der Waals surface area contributed by atoms with Gasteiger partial charge in [0.15, 0.2) is 0 Å². The molecule has 0 spiro atoms. The lowest BCUT2D eigenvalue weighted by atomic mass is 9.78. The highest BCUT2D eigenvalue weighted by molar-refractivity contribution is 6.61. The monoisotopic (exact) mass is 264 g/mol. The summed E-state index contributed by atoms with van der Waals surface area (Å²) < 4.78 is 17.3. The van der Waals surface area contributed by atoms with Gasteiger partial charge in [-0.05, 0) is 51.7 Å². The Labute approximate surface area is 117 Å². The Hall–Kier alpha value is -0.995. The van der Waals surface area contributed by atoms with E-state index in [-0.39, 0.29) is 19.3 Å². The molecule has 3 nitrogen and oxygen atoms in total. The summed E-state index contributed by atoms with van der Waals surface area (Å²) in [5, 5.41) is 0. The topological polar surface area (TPSA) is 27.7 Å². The van der Waals surface area contributed by atoms with Gasteiger partial charge in [-0.15, -0.1) is 0 Å². The van der Waals surface area contributed by atoms with Crippen LogP contribution < -0.4 is 10.2 Å². The van der Waals surface area contributed by atoms with Crippen LogP contribution in [0.3, 0.4) is 0 Å². The summed E-state index contributed by atoms with van der Waals surface area (Å²) >= 11 is 0. The molecule has 0 aliphatic heterocycles. The Morgan fingerprint density at radius 2 is 1.68 bits per heavy atom. The van der Waals surface area contributed by atoms with Crippen LogP contribution in [0.15, 0.2) is 24.3 Å². The lowest BCUT2D eigenvalue weighted by molar-refractivity contribution is 0.139. The molecular weight excluding hydrogens is 239 g/mol. The van der Waals surface area contributed by atoms with E-state index < -0.39 is 0 Å². The first kappa shape index (κ1) is 16.1. The van der Waals surface area contributed by atoms with E-state index in [0.29, 0.717) is 0 Å². The summed E-state index contributed by atoms with van der Waals surface area (Å²) in [5.74, 6) is 0.865. The Kier molecular flexibility index (Phi) is 6.96. The first-order valence-electron chi connectivity index (χ1n) is 7.06. The minimum absolute atomic E-state index is 0.115. The van der Waals surface area contributed by atoms with Gasteiger partial charge >= 0.3 is 7.12 Å². The van der Waals surface area contributed by atoms with Gasteiger partial charge in [-0.25, -0.2) is 0 Å². The second-order valence-electron chi connectivity index (χ2n) is 5.12. The zero-order chi connectivity index (χ0) is 14.3. The number of benzene rings is 1. The van der Waals surface area contributed by atoms with Gasteiger partial charge in [-0.1, -0.05) is 19.1 Å². The molecule has 0 aliphatic carbocycles. The maximum atomic E-state index is 5.83. The Morgan fingerprint density at radius 1 is 1.05 bits per heavy atom. The molecule has 0 radical (unpaired) electrons. The lowest BCUT2D eigenvalue weighted by Crippen LogP contribution is -2.40. The van der Waals surface area contributed by atoms with Crippen LogP contribution in [0.4, 0.5) is 0 Å². The average molecular weight is 264 g/mol. The Balaban J connectivity index is 2.81. The molecule has 1 aromatic carbocycles. The predicted molar refractivity (Wildman–Crippen MR) is 80.1 cm³/mol. The molecule has 0 heterocycles. The van der Waals surface area contributed by atoms with Crippen molar-refractivity contribution in [2.75, 3.05) is 6.61 Å². The van der Waals surface area contributed by atoms with E-state index in [1.807, 2.05) is 52.0 Å². The Morgan fingerprint density at radius 3 is 2.21 bits per heavy atom. The zero-order valence-electron chi connectivity index (χ0n) is 12.7. The van der Waals surface area contributed by atoms with Crippen LogP contribution in [0, 0.1) is 0 Å². The van der Waals surface area contributed by atoms with E-state index in [1.165, 1.54) is 0 Å². The fourth-order valence-corrected chi connectivity index (χ4v) is 1.65. The highest BCUT2D eigenvalue weighted by Crippen LogP contribution is 2.10. The zero-order valence-corrected chi connectivity index (χ0v) is 12.7. The lowest BCUT2D eigenvalue weighted by Gasteiger charge is -2.20. The van der Waals surface area contributed by atoms with Crippen molar-refractivity contribution in [1.29, 1.82) is 0 Å². The molecule has 0 bridgehead atoms. The second kappa shape index (κ2) is 8.23. The quantitative estimate of drug-likeness (QED) is 0.675. The minimum Gasteiger partial charge on any atom is -0.494 e. The van der Waals surface area contributed by atoms with Crippen LogP contribution in [0.25, 0.3) is 0 Å². The normalized spacial score (nSPS) is 11.1. The van der Waals surface area contributed by atoms with Crippen molar-refractivity contribution in [3.63, 3.8) is 0 Å². The number of hydrogen-bond donors (Lipinski definition) is 0. The molecule has 1 rings (SSSR count). The third-order valence-corrected chi connectivity index (χ3v) is 2.39. The summed E-state index contributed by atoms with van der Waals surface area (Å²) in [4.78, 5) is 0. The summed E-state index contributed by atoms with van der Waals surface area (Å²) in [6.45, 7) is 10.9. The predicted octanol–water partition coefficient (Wildman–Crippen LogP) is 3.02. The molecule has 0 N–H and O–H groups in total. The van der Waals surface area contributed by atoms with E-state index in [9.17, 15) is 0 Å². The van der Waals surface area contributed by atoms with Gasteiger partial charge in [-0.2, -0.15) is 0 Å². The minimum atomic E-state index is -0.342. The summed E-state index contributed by atoms with van der Waals surface area (Å²) in [6.07, 6.45) is 1.23. The van der Waals surface area contributed by atoms with E-state index in [0.717, 1.165) is 24.2 Å². The summed E-state index contributed by atoms with van der Waals surface area (Å²) in [6, 6.07) is 7.93. The van der Waals surface area contributed by atoms with Crippen LogP contribution in [0.1, 0.15) is 41.0 Å². The van der Waals surface area contributed by atoms with Gasteiger partial charge in [0, 0.05) is 12.2 Å². The summed E-state index contributed by atoms with van der Waals surface area (Å²) in [5.41, 5.74) is 0.996. The van der Waals surface area contributed by atoms with Gasteiger partial charge in [0.25, 0.3) is 0 Å². The van der Waals surface area contributed by atoms with Crippen molar-refractivity contribution in [3.05, 3.63) is 24.3 Å². The van der Waals surface area contributed by atoms with E-state index in [2.05, 4.69) is 6.92 Å². The van der Waals surface area contributed by atoms with Gasteiger partial charge in [0.1, 0.15) is 5.75 Å². The highest BCUT2D eigenvalue weighted by atomic mass is 16.6. The third kappa shape index (κ3) is 6.12. The molecule has 0 unspecified atom stereocenters. The van der Waals surface area contributed by atoms with Crippen molar-refractivity contribution < 1.29 is 14.0 Å². The molecule has 106 valence electrons. The molecule has 1 aromatic rings. The van der Waals surface area contributed by atoms with Crippen molar-refractivity contribution in [2.45, 2.75) is 53.2 Å². The molecule has 0 saturated heterocycles. The van der Waals surface area contributed by atoms with Gasteiger partial charge in [0.2, 0.25) is 0 Å². The second-order valence-corrected chi connectivity index (χ2v) is 5.12. The number of ether oxygens (including phenoxy) is 1. The molecule has 0 aromatic heterocycles. The van der Waals surface area contributed by atoms with E-state index >= 15 is 0 Å². The molecular formula is C15H25BO3. The smallest absolute Gasteiger partial charge is 0.494 e. The number of rotatable bonds is 8. The van der Waals surface area contributed by atoms with Gasteiger partial charge in [0.05, 0.1) is 6.61 Å². The average Bonchev–Trinajstić information content (AvgIpc) is 2.35. The molecule has 0 fully saturated rings. The molecule has 0 amide bonds. The molecule has 19 heavy (non-hydrogen) atoms. The van der Waals surface area contributed by atoms with Crippen molar-refractivity contribution in [2.24, 2.45) is 0 Å². The van der Waals surface area contributed by atoms with E-state index in [4.69, 9.17) is 14.0 Å². The fraction of sp³-hybridized carbons (Fsp3) is 0.600. The van der Waals surface area contributed by atoms with Crippen LogP contribution in [0.2, 0.25) is 0 Å². The number of hydrogen-bond acceptors (Lipinski definition) is 3.